The molecule has 0 fully saturated rings. The Kier molecular flexibility index (Phi) is 4.58. The second-order valence-corrected chi connectivity index (χ2v) is 6.39. The molecule has 0 aliphatic rings. The van der Waals surface area contributed by atoms with Crippen LogP contribution in [0.3, 0.4) is 0 Å². The quantitative estimate of drug-likeness (QED) is 0.694. The summed E-state index contributed by atoms with van der Waals surface area (Å²) in [5.41, 5.74) is 3.01. The van der Waals surface area contributed by atoms with E-state index in [0.717, 1.165) is 27.7 Å². The van der Waals surface area contributed by atoms with Gasteiger partial charge in [-0.1, -0.05) is 0 Å². The first kappa shape index (κ1) is 15.9. The van der Waals surface area contributed by atoms with E-state index < -0.39 is 0 Å². The predicted octanol–water partition coefficient (Wildman–Crippen LogP) is 3.23. The third-order valence-corrected chi connectivity index (χ3v) is 4.64. The second kappa shape index (κ2) is 6.64. The van der Waals surface area contributed by atoms with Crippen molar-refractivity contribution in [2.24, 2.45) is 0 Å². The fourth-order valence-corrected chi connectivity index (χ4v) is 3.36. The van der Waals surface area contributed by atoms with Gasteiger partial charge in [0.25, 0.3) is 0 Å². The van der Waals surface area contributed by atoms with Gasteiger partial charge >= 0.3 is 0 Å². The van der Waals surface area contributed by atoms with E-state index >= 15 is 0 Å². The Labute approximate surface area is 139 Å². The van der Waals surface area contributed by atoms with Crippen LogP contribution in [-0.2, 0) is 11.3 Å². The van der Waals surface area contributed by atoms with Crippen LogP contribution in [0, 0.1) is 6.92 Å². The molecule has 0 saturated carbocycles. The molecule has 23 heavy (non-hydrogen) atoms. The number of aryl methyl sites for hydroxylation is 1. The van der Waals surface area contributed by atoms with Crippen molar-refractivity contribution < 1.29 is 4.74 Å². The number of ether oxygens (including phenoxy) is 1. The molecule has 0 amide bonds. The SMILES string of the molecule is CCOC(C)c1nc(CN(C)c2nccn3nc(C)cc23)cs1. The van der Waals surface area contributed by atoms with Crippen molar-refractivity contribution >= 4 is 22.7 Å². The van der Waals surface area contributed by atoms with Crippen molar-refractivity contribution in [1.29, 1.82) is 0 Å². The number of anilines is 1. The zero-order chi connectivity index (χ0) is 16.4. The third kappa shape index (κ3) is 3.35. The Hall–Kier alpha value is -1.99. The van der Waals surface area contributed by atoms with Crippen LogP contribution in [0.15, 0.2) is 23.8 Å². The third-order valence-electron chi connectivity index (χ3n) is 3.59. The van der Waals surface area contributed by atoms with E-state index in [4.69, 9.17) is 4.74 Å². The summed E-state index contributed by atoms with van der Waals surface area (Å²) in [6, 6.07) is 2.04. The molecule has 3 rings (SSSR count). The van der Waals surface area contributed by atoms with E-state index in [2.05, 4.69) is 25.3 Å². The van der Waals surface area contributed by atoms with Crippen molar-refractivity contribution in [2.75, 3.05) is 18.6 Å². The second-order valence-electron chi connectivity index (χ2n) is 5.50. The molecular formula is C16H21N5OS. The molecule has 0 aromatic carbocycles. The fraction of sp³-hybridized carbons (Fsp3) is 0.438. The lowest BCUT2D eigenvalue weighted by molar-refractivity contribution is 0.0761. The molecule has 3 aromatic rings. The normalized spacial score (nSPS) is 12.7. The molecule has 1 unspecified atom stereocenters. The maximum atomic E-state index is 5.60. The molecule has 0 saturated heterocycles. The molecule has 122 valence electrons. The standard InChI is InChI=1S/C16H21N5OS/c1-5-22-12(3)16-18-13(10-23-16)9-20(4)15-14-8-11(2)19-21(14)7-6-17-15/h6-8,10,12H,5,9H2,1-4H3. The van der Waals surface area contributed by atoms with Gasteiger partial charge in [-0.2, -0.15) is 5.10 Å². The summed E-state index contributed by atoms with van der Waals surface area (Å²) < 4.78 is 7.46. The molecule has 7 heteroatoms. The first-order chi connectivity index (χ1) is 11.1. The highest BCUT2D eigenvalue weighted by molar-refractivity contribution is 7.09. The lowest BCUT2D eigenvalue weighted by atomic mass is 10.3. The Morgan fingerprint density at radius 2 is 2.26 bits per heavy atom. The highest BCUT2D eigenvalue weighted by Crippen LogP contribution is 2.24. The van der Waals surface area contributed by atoms with Gasteiger partial charge in [0.05, 0.1) is 17.9 Å². The van der Waals surface area contributed by atoms with Crippen LogP contribution >= 0.6 is 11.3 Å². The minimum atomic E-state index is 0.0445. The number of hydrogen-bond acceptors (Lipinski definition) is 6. The number of fused-ring (bicyclic) bond motifs is 1. The van der Waals surface area contributed by atoms with Crippen molar-refractivity contribution in [2.45, 2.75) is 33.4 Å². The van der Waals surface area contributed by atoms with Crippen LogP contribution in [-0.4, -0.2) is 33.2 Å². The van der Waals surface area contributed by atoms with Crippen LogP contribution in [0.5, 0.6) is 0 Å². The largest absolute Gasteiger partial charge is 0.372 e. The van der Waals surface area contributed by atoms with Gasteiger partial charge in [-0.25, -0.2) is 14.5 Å². The Morgan fingerprint density at radius 1 is 1.43 bits per heavy atom. The molecule has 0 bridgehead atoms. The van der Waals surface area contributed by atoms with Crippen molar-refractivity contribution in [3.8, 4) is 0 Å². The van der Waals surface area contributed by atoms with E-state index in [1.165, 1.54) is 0 Å². The predicted molar refractivity (Wildman–Crippen MR) is 92.0 cm³/mol. The Morgan fingerprint density at radius 3 is 3.04 bits per heavy atom. The van der Waals surface area contributed by atoms with Crippen LogP contribution < -0.4 is 4.90 Å². The Bertz CT molecular complexity index is 797. The number of nitrogens with zero attached hydrogens (tertiary/aromatic N) is 5. The molecule has 0 spiro atoms. The number of rotatable bonds is 6. The van der Waals surface area contributed by atoms with Crippen LogP contribution in [0.25, 0.3) is 5.52 Å². The summed E-state index contributed by atoms with van der Waals surface area (Å²) in [6.07, 6.45) is 3.68. The zero-order valence-corrected chi connectivity index (χ0v) is 14.7. The van der Waals surface area contributed by atoms with Crippen molar-refractivity contribution in [3.63, 3.8) is 0 Å². The zero-order valence-electron chi connectivity index (χ0n) is 13.9. The molecule has 0 aliphatic heterocycles. The van der Waals surface area contributed by atoms with Gasteiger partial charge in [0.1, 0.15) is 16.6 Å². The first-order valence-electron chi connectivity index (χ1n) is 7.66. The molecule has 1 atom stereocenters. The lowest BCUT2D eigenvalue weighted by Gasteiger charge is -2.17. The maximum absolute atomic E-state index is 5.60. The number of hydrogen-bond donors (Lipinski definition) is 0. The summed E-state index contributed by atoms with van der Waals surface area (Å²) in [6.45, 7) is 7.42. The van der Waals surface area contributed by atoms with Crippen LogP contribution in [0.4, 0.5) is 5.82 Å². The molecule has 3 heterocycles. The first-order valence-corrected chi connectivity index (χ1v) is 8.54. The molecule has 6 nitrogen and oxygen atoms in total. The molecule has 0 radical (unpaired) electrons. The Balaban J connectivity index is 1.79. The minimum absolute atomic E-state index is 0.0445. The summed E-state index contributed by atoms with van der Waals surface area (Å²) in [5, 5.41) is 7.53. The van der Waals surface area contributed by atoms with Gasteiger partial charge in [-0.15, -0.1) is 11.3 Å². The fourth-order valence-electron chi connectivity index (χ4n) is 2.55. The van der Waals surface area contributed by atoms with Crippen LogP contribution in [0.1, 0.15) is 36.3 Å². The van der Waals surface area contributed by atoms with Crippen LogP contribution in [0.2, 0.25) is 0 Å². The van der Waals surface area contributed by atoms with E-state index in [1.807, 2.05) is 44.6 Å². The van der Waals surface area contributed by atoms with Gasteiger partial charge in [0.2, 0.25) is 0 Å². The molecule has 0 N–H and O–H groups in total. The number of aromatic nitrogens is 4. The van der Waals surface area contributed by atoms with E-state index in [-0.39, 0.29) is 6.10 Å². The number of thiazole rings is 1. The molecular weight excluding hydrogens is 310 g/mol. The van der Waals surface area contributed by atoms with E-state index in [9.17, 15) is 0 Å². The maximum Gasteiger partial charge on any atom is 0.154 e. The van der Waals surface area contributed by atoms with E-state index in [0.29, 0.717) is 13.2 Å². The summed E-state index contributed by atoms with van der Waals surface area (Å²) in [7, 11) is 2.02. The summed E-state index contributed by atoms with van der Waals surface area (Å²) >= 11 is 1.64. The lowest BCUT2D eigenvalue weighted by Crippen LogP contribution is -2.19. The highest BCUT2D eigenvalue weighted by Gasteiger charge is 2.14. The van der Waals surface area contributed by atoms with Gasteiger partial charge in [0, 0.05) is 31.4 Å². The molecule has 3 aromatic heterocycles. The van der Waals surface area contributed by atoms with Gasteiger partial charge in [-0.3, -0.25) is 0 Å². The monoisotopic (exact) mass is 331 g/mol. The smallest absolute Gasteiger partial charge is 0.154 e. The van der Waals surface area contributed by atoms with Crippen molar-refractivity contribution in [3.05, 3.63) is 40.2 Å². The van der Waals surface area contributed by atoms with Gasteiger partial charge < -0.3 is 9.64 Å². The van der Waals surface area contributed by atoms with Gasteiger partial charge in [-0.05, 0) is 26.8 Å². The minimum Gasteiger partial charge on any atom is -0.372 e. The topological polar surface area (TPSA) is 55.5 Å². The summed E-state index contributed by atoms with van der Waals surface area (Å²) in [4.78, 5) is 11.3. The van der Waals surface area contributed by atoms with Gasteiger partial charge in [0.15, 0.2) is 5.82 Å². The average Bonchev–Trinajstić information content (AvgIpc) is 3.12. The highest BCUT2D eigenvalue weighted by atomic mass is 32.1. The molecule has 0 aliphatic carbocycles. The average molecular weight is 331 g/mol. The summed E-state index contributed by atoms with van der Waals surface area (Å²) in [5.74, 6) is 0.903. The van der Waals surface area contributed by atoms with E-state index in [1.54, 1.807) is 17.5 Å². The van der Waals surface area contributed by atoms with Crippen molar-refractivity contribution in [1.82, 2.24) is 19.6 Å².